The normalized spacial score (nSPS) is 15.8. The standard InChI is InChI=1S/C16H21F3N4O2/c1-12-3-2-4-13(9-12)23-7-5-22(6-8-23)10-14(24)21-15(25)20-11-16(17,18)19/h2-4,9H,5-8,10-11H2,1H3,(H2,20,21,24,25). The topological polar surface area (TPSA) is 64.7 Å². The number of amides is 3. The zero-order chi connectivity index (χ0) is 18.4. The summed E-state index contributed by atoms with van der Waals surface area (Å²) in [5.74, 6) is -0.622. The third kappa shape index (κ3) is 6.61. The van der Waals surface area contributed by atoms with Gasteiger partial charge in [-0.1, -0.05) is 12.1 Å². The molecular formula is C16H21F3N4O2. The summed E-state index contributed by atoms with van der Waals surface area (Å²) >= 11 is 0. The minimum absolute atomic E-state index is 0.0267. The van der Waals surface area contributed by atoms with Crippen LogP contribution in [0.3, 0.4) is 0 Å². The highest BCUT2D eigenvalue weighted by Crippen LogP contribution is 2.17. The van der Waals surface area contributed by atoms with Crippen LogP contribution >= 0.6 is 0 Å². The summed E-state index contributed by atoms with van der Waals surface area (Å²) in [6.45, 7) is 3.25. The van der Waals surface area contributed by atoms with Crippen LogP contribution in [0.1, 0.15) is 5.56 Å². The number of alkyl halides is 3. The molecule has 1 aliphatic heterocycles. The van der Waals surface area contributed by atoms with E-state index in [2.05, 4.69) is 11.0 Å². The largest absolute Gasteiger partial charge is 0.405 e. The Morgan fingerprint density at radius 3 is 2.44 bits per heavy atom. The van der Waals surface area contributed by atoms with Crippen LogP contribution in [0.25, 0.3) is 0 Å². The van der Waals surface area contributed by atoms with Gasteiger partial charge < -0.3 is 10.2 Å². The zero-order valence-corrected chi connectivity index (χ0v) is 13.9. The third-order valence-corrected chi connectivity index (χ3v) is 3.81. The molecule has 0 aromatic heterocycles. The van der Waals surface area contributed by atoms with E-state index in [4.69, 9.17) is 0 Å². The van der Waals surface area contributed by atoms with E-state index in [0.717, 1.165) is 18.8 Å². The van der Waals surface area contributed by atoms with Gasteiger partial charge in [-0.15, -0.1) is 0 Å². The Labute approximate surface area is 144 Å². The molecule has 0 atom stereocenters. The molecule has 1 saturated heterocycles. The second-order valence-corrected chi connectivity index (χ2v) is 5.95. The molecule has 3 amide bonds. The van der Waals surface area contributed by atoms with Gasteiger partial charge in [0, 0.05) is 31.9 Å². The van der Waals surface area contributed by atoms with Gasteiger partial charge in [0.15, 0.2) is 0 Å². The van der Waals surface area contributed by atoms with Crippen molar-refractivity contribution in [1.29, 1.82) is 0 Å². The monoisotopic (exact) mass is 358 g/mol. The highest BCUT2D eigenvalue weighted by Gasteiger charge is 2.28. The van der Waals surface area contributed by atoms with E-state index in [1.54, 1.807) is 5.32 Å². The van der Waals surface area contributed by atoms with Gasteiger partial charge in [-0.2, -0.15) is 13.2 Å². The van der Waals surface area contributed by atoms with Gasteiger partial charge >= 0.3 is 12.2 Å². The van der Waals surface area contributed by atoms with E-state index >= 15 is 0 Å². The number of carbonyl (C=O) groups excluding carboxylic acids is 2. The molecule has 2 rings (SSSR count). The first-order valence-corrected chi connectivity index (χ1v) is 7.91. The molecule has 1 aromatic rings. The molecule has 6 nitrogen and oxygen atoms in total. The number of nitrogens with zero attached hydrogens (tertiary/aromatic N) is 2. The number of aryl methyl sites for hydroxylation is 1. The number of nitrogens with one attached hydrogen (secondary N) is 2. The van der Waals surface area contributed by atoms with Gasteiger partial charge in [0.25, 0.3) is 0 Å². The highest BCUT2D eigenvalue weighted by atomic mass is 19.4. The number of hydrogen-bond acceptors (Lipinski definition) is 4. The molecule has 9 heteroatoms. The van der Waals surface area contributed by atoms with Crippen molar-refractivity contribution in [2.45, 2.75) is 13.1 Å². The zero-order valence-electron chi connectivity index (χ0n) is 13.9. The summed E-state index contributed by atoms with van der Waals surface area (Å²) in [5.41, 5.74) is 2.29. The van der Waals surface area contributed by atoms with E-state index < -0.39 is 24.7 Å². The van der Waals surface area contributed by atoms with Crippen molar-refractivity contribution < 1.29 is 22.8 Å². The number of imide groups is 1. The Morgan fingerprint density at radius 1 is 1.16 bits per heavy atom. The lowest BCUT2D eigenvalue weighted by Gasteiger charge is -2.35. The third-order valence-electron chi connectivity index (χ3n) is 3.81. The average molecular weight is 358 g/mol. The molecule has 1 aromatic carbocycles. The smallest absolute Gasteiger partial charge is 0.369 e. The van der Waals surface area contributed by atoms with Crippen molar-refractivity contribution in [3.05, 3.63) is 29.8 Å². The first-order chi connectivity index (χ1) is 11.7. The molecule has 0 aliphatic carbocycles. The maximum absolute atomic E-state index is 12.0. The lowest BCUT2D eigenvalue weighted by Crippen LogP contribution is -2.51. The molecule has 25 heavy (non-hydrogen) atoms. The summed E-state index contributed by atoms with van der Waals surface area (Å²) in [6, 6.07) is 6.99. The number of hydrogen-bond donors (Lipinski definition) is 2. The Balaban J connectivity index is 1.72. The number of urea groups is 1. The van der Waals surface area contributed by atoms with Crippen molar-refractivity contribution in [3.63, 3.8) is 0 Å². The number of carbonyl (C=O) groups is 2. The quantitative estimate of drug-likeness (QED) is 0.856. The van der Waals surface area contributed by atoms with Crippen LogP contribution in [0.15, 0.2) is 24.3 Å². The van der Waals surface area contributed by atoms with Crippen LogP contribution in [0, 0.1) is 6.92 Å². The number of piperazine rings is 1. The van der Waals surface area contributed by atoms with Crippen molar-refractivity contribution in [3.8, 4) is 0 Å². The predicted octanol–water partition coefficient (Wildman–Crippen LogP) is 1.51. The van der Waals surface area contributed by atoms with Crippen LogP contribution in [-0.4, -0.2) is 62.3 Å². The lowest BCUT2D eigenvalue weighted by atomic mass is 10.2. The van der Waals surface area contributed by atoms with E-state index in [-0.39, 0.29) is 6.54 Å². The Bertz CT molecular complexity index is 614. The number of benzene rings is 1. The van der Waals surface area contributed by atoms with Crippen LogP contribution in [0.2, 0.25) is 0 Å². The molecule has 0 unspecified atom stereocenters. The van der Waals surface area contributed by atoms with Gasteiger partial charge in [0.05, 0.1) is 6.54 Å². The number of rotatable bonds is 4. The first-order valence-electron chi connectivity index (χ1n) is 7.91. The molecule has 0 bridgehead atoms. The fourth-order valence-electron chi connectivity index (χ4n) is 2.58. The molecular weight excluding hydrogens is 337 g/mol. The van der Waals surface area contributed by atoms with E-state index in [0.29, 0.717) is 13.1 Å². The predicted molar refractivity (Wildman–Crippen MR) is 87.4 cm³/mol. The molecule has 0 saturated carbocycles. The van der Waals surface area contributed by atoms with E-state index in [9.17, 15) is 22.8 Å². The fraction of sp³-hybridized carbons (Fsp3) is 0.500. The minimum atomic E-state index is -4.51. The SMILES string of the molecule is Cc1cccc(N2CCN(CC(=O)NC(=O)NCC(F)(F)F)CC2)c1. The Hall–Kier alpha value is -2.29. The van der Waals surface area contributed by atoms with Crippen LogP contribution in [-0.2, 0) is 4.79 Å². The number of anilines is 1. The van der Waals surface area contributed by atoms with Gasteiger partial charge in [0.1, 0.15) is 6.54 Å². The van der Waals surface area contributed by atoms with Crippen LogP contribution < -0.4 is 15.5 Å². The highest BCUT2D eigenvalue weighted by molar-refractivity contribution is 5.95. The lowest BCUT2D eigenvalue weighted by molar-refractivity contribution is -0.125. The van der Waals surface area contributed by atoms with Crippen LogP contribution in [0.4, 0.5) is 23.7 Å². The van der Waals surface area contributed by atoms with Gasteiger partial charge in [0.2, 0.25) is 5.91 Å². The summed E-state index contributed by atoms with van der Waals surface area (Å²) in [4.78, 5) is 27.0. The van der Waals surface area contributed by atoms with Gasteiger partial charge in [-0.05, 0) is 24.6 Å². The molecule has 2 N–H and O–H groups in total. The van der Waals surface area contributed by atoms with E-state index in [1.165, 1.54) is 5.56 Å². The van der Waals surface area contributed by atoms with Crippen molar-refractivity contribution in [2.24, 2.45) is 0 Å². The number of halogens is 3. The summed E-state index contributed by atoms with van der Waals surface area (Å²) in [5, 5.41) is 3.51. The minimum Gasteiger partial charge on any atom is -0.369 e. The van der Waals surface area contributed by atoms with Gasteiger partial charge in [-0.3, -0.25) is 15.0 Å². The maximum Gasteiger partial charge on any atom is 0.405 e. The summed E-state index contributed by atoms with van der Waals surface area (Å²) in [7, 11) is 0. The fourth-order valence-corrected chi connectivity index (χ4v) is 2.58. The molecule has 1 fully saturated rings. The van der Waals surface area contributed by atoms with Crippen molar-refractivity contribution in [2.75, 3.05) is 44.2 Å². The molecule has 138 valence electrons. The molecule has 0 radical (unpaired) electrons. The Kier molecular flexibility index (Phi) is 6.24. The van der Waals surface area contributed by atoms with Crippen LogP contribution in [0.5, 0.6) is 0 Å². The average Bonchev–Trinajstić information content (AvgIpc) is 2.53. The molecule has 1 heterocycles. The van der Waals surface area contributed by atoms with Gasteiger partial charge in [-0.25, -0.2) is 4.79 Å². The molecule has 1 aliphatic rings. The second kappa shape index (κ2) is 8.19. The second-order valence-electron chi connectivity index (χ2n) is 5.95. The summed E-state index contributed by atoms with van der Waals surface area (Å²) in [6.07, 6.45) is -4.51. The van der Waals surface area contributed by atoms with Crippen molar-refractivity contribution >= 4 is 17.6 Å². The first kappa shape index (κ1) is 19.0. The van der Waals surface area contributed by atoms with E-state index in [1.807, 2.05) is 35.3 Å². The maximum atomic E-state index is 12.0. The van der Waals surface area contributed by atoms with Crippen molar-refractivity contribution in [1.82, 2.24) is 15.5 Å². The summed E-state index contributed by atoms with van der Waals surface area (Å²) < 4.78 is 36.0. The molecule has 0 spiro atoms. The Morgan fingerprint density at radius 2 is 1.84 bits per heavy atom.